The number of rotatable bonds is 8. The summed E-state index contributed by atoms with van der Waals surface area (Å²) in [6, 6.07) is 7.39. The van der Waals surface area contributed by atoms with E-state index < -0.39 is 0 Å². The lowest BCUT2D eigenvalue weighted by atomic mass is 10.2. The molecule has 1 amide bonds. The molecule has 7 nitrogen and oxygen atoms in total. The molecule has 1 aromatic carbocycles. The van der Waals surface area contributed by atoms with Crippen molar-refractivity contribution in [2.75, 3.05) is 11.9 Å². The van der Waals surface area contributed by atoms with Crippen molar-refractivity contribution in [1.82, 2.24) is 20.2 Å². The Morgan fingerprint density at radius 3 is 2.79 bits per heavy atom. The number of hydrogen-bond acceptors (Lipinski definition) is 6. The normalized spacial score (nSPS) is 12.2. The van der Waals surface area contributed by atoms with Gasteiger partial charge >= 0.3 is 0 Å². The van der Waals surface area contributed by atoms with Gasteiger partial charge in [0.25, 0.3) is 0 Å². The number of hydrogen-bond donors (Lipinski definition) is 1. The molecule has 2 rings (SSSR count). The summed E-state index contributed by atoms with van der Waals surface area (Å²) in [6.07, 6.45) is 0. The number of para-hydroxylation sites is 2. The predicted octanol–water partition coefficient (Wildman–Crippen LogP) is 2.85. The second kappa shape index (κ2) is 8.68. The van der Waals surface area contributed by atoms with Crippen LogP contribution < -0.4 is 10.1 Å². The van der Waals surface area contributed by atoms with Crippen molar-refractivity contribution in [3.05, 3.63) is 24.3 Å². The largest absolute Gasteiger partial charge is 0.492 e. The van der Waals surface area contributed by atoms with Gasteiger partial charge in [-0.3, -0.25) is 4.79 Å². The van der Waals surface area contributed by atoms with Crippen molar-refractivity contribution in [3.63, 3.8) is 0 Å². The van der Waals surface area contributed by atoms with Crippen LogP contribution in [0.1, 0.15) is 27.7 Å². The zero-order valence-electron chi connectivity index (χ0n) is 14.4. The first-order valence-electron chi connectivity index (χ1n) is 7.96. The van der Waals surface area contributed by atoms with Crippen LogP contribution in [0.5, 0.6) is 5.75 Å². The lowest BCUT2D eigenvalue weighted by Gasteiger charge is -2.14. The maximum atomic E-state index is 12.5. The fourth-order valence-corrected chi connectivity index (χ4v) is 2.84. The van der Waals surface area contributed by atoms with Crippen LogP contribution in [0.25, 0.3) is 0 Å². The first-order valence-corrected chi connectivity index (χ1v) is 8.84. The van der Waals surface area contributed by atoms with Crippen molar-refractivity contribution in [3.8, 4) is 5.75 Å². The lowest BCUT2D eigenvalue weighted by Crippen LogP contribution is -2.23. The van der Waals surface area contributed by atoms with E-state index in [-0.39, 0.29) is 11.2 Å². The summed E-state index contributed by atoms with van der Waals surface area (Å²) in [5.41, 5.74) is 0.665. The van der Waals surface area contributed by atoms with Crippen molar-refractivity contribution in [2.24, 2.45) is 5.92 Å². The monoisotopic (exact) mass is 349 g/mol. The topological polar surface area (TPSA) is 81.9 Å². The molecule has 0 fully saturated rings. The van der Waals surface area contributed by atoms with Crippen molar-refractivity contribution in [2.45, 2.75) is 44.6 Å². The highest BCUT2D eigenvalue weighted by atomic mass is 32.2. The number of tetrazole rings is 1. The molecule has 8 heteroatoms. The molecule has 1 N–H and O–H groups in total. The van der Waals surface area contributed by atoms with Crippen LogP contribution in [0.2, 0.25) is 0 Å². The maximum Gasteiger partial charge on any atom is 0.237 e. The third kappa shape index (κ3) is 4.95. The van der Waals surface area contributed by atoms with Gasteiger partial charge in [-0.15, -0.1) is 5.10 Å². The Hall–Kier alpha value is -2.09. The Kier molecular flexibility index (Phi) is 6.60. The molecular weight excluding hydrogens is 326 g/mol. The average molecular weight is 349 g/mol. The van der Waals surface area contributed by atoms with Crippen LogP contribution >= 0.6 is 11.8 Å². The molecule has 1 unspecified atom stereocenters. The molecule has 0 radical (unpaired) electrons. The zero-order valence-corrected chi connectivity index (χ0v) is 15.2. The highest BCUT2D eigenvalue weighted by molar-refractivity contribution is 8.00. The summed E-state index contributed by atoms with van der Waals surface area (Å²) >= 11 is 1.34. The molecule has 0 bridgehead atoms. The molecule has 1 aromatic heterocycles. The molecule has 1 heterocycles. The van der Waals surface area contributed by atoms with E-state index in [1.165, 1.54) is 11.8 Å². The fraction of sp³-hybridized carbons (Fsp3) is 0.500. The number of anilines is 1. The SMILES string of the molecule is CCOc1ccccc1NC(=O)C(C)Sc1nnnn1CC(C)C. The lowest BCUT2D eigenvalue weighted by molar-refractivity contribution is -0.115. The highest BCUT2D eigenvalue weighted by Crippen LogP contribution is 2.26. The van der Waals surface area contributed by atoms with Crippen LogP contribution in [-0.2, 0) is 11.3 Å². The third-order valence-corrected chi connectivity index (χ3v) is 4.20. The van der Waals surface area contributed by atoms with Gasteiger partial charge in [-0.1, -0.05) is 37.7 Å². The Bertz CT molecular complexity index is 674. The molecule has 0 aliphatic carbocycles. The van der Waals surface area contributed by atoms with E-state index in [2.05, 4.69) is 34.7 Å². The molecule has 24 heavy (non-hydrogen) atoms. The first kappa shape index (κ1) is 18.3. The predicted molar refractivity (Wildman–Crippen MR) is 94.2 cm³/mol. The van der Waals surface area contributed by atoms with Gasteiger partial charge in [0.2, 0.25) is 11.1 Å². The van der Waals surface area contributed by atoms with Crippen LogP contribution in [0.4, 0.5) is 5.69 Å². The standard InChI is InChI=1S/C16H23N5O2S/c1-5-23-14-9-7-6-8-13(14)17-15(22)12(4)24-16-18-19-20-21(16)10-11(2)3/h6-9,11-12H,5,10H2,1-4H3,(H,17,22). The second-order valence-electron chi connectivity index (χ2n) is 5.72. The molecule has 0 spiro atoms. The Labute approximate surface area is 146 Å². The van der Waals surface area contributed by atoms with Gasteiger partial charge in [0, 0.05) is 6.54 Å². The van der Waals surface area contributed by atoms with Gasteiger partial charge in [-0.2, -0.15) is 0 Å². The van der Waals surface area contributed by atoms with E-state index in [1.54, 1.807) is 4.68 Å². The van der Waals surface area contributed by atoms with E-state index in [0.29, 0.717) is 29.1 Å². The molecule has 0 aliphatic heterocycles. The number of thioether (sulfide) groups is 1. The summed E-state index contributed by atoms with van der Waals surface area (Å²) in [4.78, 5) is 12.5. The number of benzene rings is 1. The van der Waals surface area contributed by atoms with E-state index in [0.717, 1.165) is 6.54 Å². The van der Waals surface area contributed by atoms with Gasteiger partial charge in [-0.25, -0.2) is 4.68 Å². The van der Waals surface area contributed by atoms with Gasteiger partial charge in [-0.05, 0) is 42.3 Å². The Balaban J connectivity index is 2.02. The summed E-state index contributed by atoms with van der Waals surface area (Å²) in [6.45, 7) is 9.19. The number of carbonyl (C=O) groups excluding carboxylic acids is 1. The Morgan fingerprint density at radius 1 is 1.33 bits per heavy atom. The number of carbonyl (C=O) groups is 1. The fourth-order valence-electron chi connectivity index (χ4n) is 2.04. The van der Waals surface area contributed by atoms with Gasteiger partial charge in [0.15, 0.2) is 0 Å². The highest BCUT2D eigenvalue weighted by Gasteiger charge is 2.20. The van der Waals surface area contributed by atoms with Gasteiger partial charge in [0.05, 0.1) is 17.5 Å². The minimum atomic E-state index is -0.336. The molecule has 1 atom stereocenters. The van der Waals surface area contributed by atoms with E-state index in [4.69, 9.17) is 4.74 Å². The maximum absolute atomic E-state index is 12.5. The van der Waals surface area contributed by atoms with E-state index >= 15 is 0 Å². The summed E-state index contributed by atoms with van der Waals surface area (Å²) in [5, 5.41) is 14.9. The number of aromatic nitrogens is 4. The minimum Gasteiger partial charge on any atom is -0.492 e. The Morgan fingerprint density at radius 2 is 2.08 bits per heavy atom. The van der Waals surface area contributed by atoms with E-state index in [9.17, 15) is 4.79 Å². The molecule has 0 aliphatic rings. The number of nitrogens with one attached hydrogen (secondary N) is 1. The molecule has 130 valence electrons. The number of ether oxygens (including phenoxy) is 1. The molecule has 0 saturated heterocycles. The summed E-state index contributed by atoms with van der Waals surface area (Å²) in [5.74, 6) is 0.969. The number of nitrogens with zero attached hydrogens (tertiary/aromatic N) is 4. The smallest absolute Gasteiger partial charge is 0.237 e. The quantitative estimate of drug-likeness (QED) is 0.738. The summed E-state index contributed by atoms with van der Waals surface area (Å²) in [7, 11) is 0. The van der Waals surface area contributed by atoms with Gasteiger partial charge in [0.1, 0.15) is 5.75 Å². The van der Waals surface area contributed by atoms with Gasteiger partial charge < -0.3 is 10.1 Å². The molecule has 0 saturated carbocycles. The average Bonchev–Trinajstić information content (AvgIpc) is 2.95. The van der Waals surface area contributed by atoms with Crippen LogP contribution in [0.15, 0.2) is 29.4 Å². The van der Waals surface area contributed by atoms with E-state index in [1.807, 2.05) is 38.1 Å². The third-order valence-electron chi connectivity index (χ3n) is 3.13. The van der Waals surface area contributed by atoms with Crippen molar-refractivity contribution >= 4 is 23.4 Å². The van der Waals surface area contributed by atoms with Crippen molar-refractivity contribution in [1.29, 1.82) is 0 Å². The minimum absolute atomic E-state index is 0.119. The second-order valence-corrected chi connectivity index (χ2v) is 7.02. The van der Waals surface area contributed by atoms with Crippen molar-refractivity contribution < 1.29 is 9.53 Å². The summed E-state index contributed by atoms with van der Waals surface area (Å²) < 4.78 is 7.26. The number of amides is 1. The van der Waals surface area contributed by atoms with Crippen LogP contribution in [0, 0.1) is 5.92 Å². The zero-order chi connectivity index (χ0) is 17.5. The van der Waals surface area contributed by atoms with Crippen LogP contribution in [-0.4, -0.2) is 38.0 Å². The first-order chi connectivity index (χ1) is 11.5. The molecule has 2 aromatic rings. The van der Waals surface area contributed by atoms with Crippen LogP contribution in [0.3, 0.4) is 0 Å². The molecular formula is C16H23N5O2S.